The van der Waals surface area contributed by atoms with Crippen molar-refractivity contribution in [3.63, 3.8) is 0 Å². The van der Waals surface area contributed by atoms with E-state index in [1.807, 2.05) is 18.2 Å². The smallest absolute Gasteiger partial charge is 0.190 e. The van der Waals surface area contributed by atoms with E-state index in [1.54, 1.807) is 11.3 Å². The molecule has 2 rings (SSSR count). The fourth-order valence-corrected chi connectivity index (χ4v) is 3.13. The number of aliphatic hydroxyl groups is 1. The minimum absolute atomic E-state index is 0.0827. The molecule has 0 bridgehead atoms. The summed E-state index contributed by atoms with van der Waals surface area (Å²) in [5, 5.41) is 10.4. The van der Waals surface area contributed by atoms with Gasteiger partial charge >= 0.3 is 0 Å². The Bertz CT molecular complexity index is 510. The van der Waals surface area contributed by atoms with Gasteiger partial charge in [-0.2, -0.15) is 0 Å². The van der Waals surface area contributed by atoms with Crippen LogP contribution >= 0.6 is 11.3 Å². The fraction of sp³-hybridized carbons (Fsp3) is 0.400. The molecule has 102 valence electrons. The van der Waals surface area contributed by atoms with Gasteiger partial charge in [-0.05, 0) is 25.5 Å². The van der Waals surface area contributed by atoms with Gasteiger partial charge in [0.05, 0.1) is 17.2 Å². The Morgan fingerprint density at radius 3 is 2.53 bits per heavy atom. The van der Waals surface area contributed by atoms with Crippen LogP contribution in [0.4, 0.5) is 10.8 Å². The molecule has 0 aliphatic heterocycles. The molecule has 0 radical (unpaired) electrons. The SMILES string of the molecule is CCCc1nc(N(CC)c2ccccc2)sc1CO. The number of anilines is 2. The Balaban J connectivity index is 2.33. The van der Waals surface area contributed by atoms with Crippen molar-refractivity contribution < 1.29 is 5.11 Å². The highest BCUT2D eigenvalue weighted by atomic mass is 32.1. The average Bonchev–Trinajstić information content (AvgIpc) is 2.84. The lowest BCUT2D eigenvalue weighted by atomic mass is 10.2. The van der Waals surface area contributed by atoms with E-state index in [-0.39, 0.29) is 6.61 Å². The summed E-state index contributed by atoms with van der Waals surface area (Å²) in [4.78, 5) is 7.88. The minimum atomic E-state index is 0.0827. The van der Waals surface area contributed by atoms with Gasteiger partial charge in [0.1, 0.15) is 0 Å². The average molecular weight is 276 g/mol. The highest BCUT2D eigenvalue weighted by molar-refractivity contribution is 7.15. The van der Waals surface area contributed by atoms with Crippen LogP contribution in [-0.2, 0) is 13.0 Å². The molecule has 0 saturated carbocycles. The van der Waals surface area contributed by atoms with Crippen molar-refractivity contribution in [1.82, 2.24) is 4.98 Å². The first kappa shape index (κ1) is 14.0. The molecule has 19 heavy (non-hydrogen) atoms. The second-order valence-electron chi connectivity index (χ2n) is 4.35. The summed E-state index contributed by atoms with van der Waals surface area (Å²) >= 11 is 1.59. The Kier molecular flexibility index (Phi) is 4.93. The van der Waals surface area contributed by atoms with Crippen LogP contribution in [0.15, 0.2) is 30.3 Å². The van der Waals surface area contributed by atoms with Crippen LogP contribution < -0.4 is 4.90 Å². The van der Waals surface area contributed by atoms with Crippen molar-refractivity contribution >= 4 is 22.2 Å². The van der Waals surface area contributed by atoms with E-state index in [9.17, 15) is 5.11 Å². The molecule has 1 N–H and O–H groups in total. The molecule has 0 saturated heterocycles. The first-order valence-corrected chi connectivity index (χ1v) is 7.53. The maximum atomic E-state index is 9.44. The maximum Gasteiger partial charge on any atom is 0.190 e. The van der Waals surface area contributed by atoms with E-state index in [4.69, 9.17) is 4.98 Å². The molecule has 4 heteroatoms. The lowest BCUT2D eigenvalue weighted by Gasteiger charge is -2.19. The zero-order chi connectivity index (χ0) is 13.7. The summed E-state index contributed by atoms with van der Waals surface area (Å²) in [6, 6.07) is 10.3. The Morgan fingerprint density at radius 1 is 1.21 bits per heavy atom. The molecule has 1 aromatic heterocycles. The highest BCUT2D eigenvalue weighted by Gasteiger charge is 2.15. The molecular formula is C15H20N2OS. The zero-order valence-electron chi connectivity index (χ0n) is 11.5. The van der Waals surface area contributed by atoms with E-state index in [2.05, 4.69) is 30.9 Å². The third-order valence-electron chi connectivity index (χ3n) is 3.01. The monoisotopic (exact) mass is 276 g/mol. The molecular weight excluding hydrogens is 256 g/mol. The van der Waals surface area contributed by atoms with Crippen molar-refractivity contribution in [3.05, 3.63) is 40.9 Å². The highest BCUT2D eigenvalue weighted by Crippen LogP contribution is 2.32. The Morgan fingerprint density at radius 2 is 1.95 bits per heavy atom. The first-order chi connectivity index (χ1) is 9.30. The van der Waals surface area contributed by atoms with Gasteiger partial charge in [0.25, 0.3) is 0 Å². The quantitative estimate of drug-likeness (QED) is 0.873. The van der Waals surface area contributed by atoms with Crippen molar-refractivity contribution in [1.29, 1.82) is 0 Å². The number of nitrogens with zero attached hydrogens (tertiary/aromatic N) is 2. The number of aromatic nitrogens is 1. The van der Waals surface area contributed by atoms with Gasteiger partial charge in [-0.25, -0.2) is 4.98 Å². The zero-order valence-corrected chi connectivity index (χ0v) is 12.3. The van der Waals surface area contributed by atoms with Gasteiger partial charge in [-0.1, -0.05) is 42.9 Å². The van der Waals surface area contributed by atoms with Crippen LogP contribution in [0, 0.1) is 0 Å². The lowest BCUT2D eigenvalue weighted by Crippen LogP contribution is -2.15. The number of rotatable bonds is 6. The Labute approximate surface area is 118 Å². The lowest BCUT2D eigenvalue weighted by molar-refractivity contribution is 0.284. The first-order valence-electron chi connectivity index (χ1n) is 6.72. The van der Waals surface area contributed by atoms with Crippen molar-refractivity contribution in [2.24, 2.45) is 0 Å². The molecule has 3 nitrogen and oxygen atoms in total. The van der Waals surface area contributed by atoms with Gasteiger partial charge in [0.2, 0.25) is 0 Å². The van der Waals surface area contributed by atoms with Crippen LogP contribution in [-0.4, -0.2) is 16.6 Å². The van der Waals surface area contributed by atoms with E-state index >= 15 is 0 Å². The number of benzene rings is 1. The van der Waals surface area contributed by atoms with Gasteiger partial charge < -0.3 is 10.0 Å². The van der Waals surface area contributed by atoms with Gasteiger partial charge in [0, 0.05) is 12.2 Å². The van der Waals surface area contributed by atoms with Gasteiger partial charge in [0.15, 0.2) is 5.13 Å². The van der Waals surface area contributed by atoms with Crippen LogP contribution in [0.5, 0.6) is 0 Å². The third-order valence-corrected chi connectivity index (χ3v) is 4.12. The number of hydrogen-bond acceptors (Lipinski definition) is 4. The molecule has 1 heterocycles. The summed E-state index contributed by atoms with van der Waals surface area (Å²) < 4.78 is 0. The molecule has 0 aliphatic carbocycles. The van der Waals surface area contributed by atoms with Crippen molar-refractivity contribution in [2.75, 3.05) is 11.4 Å². The molecule has 0 atom stereocenters. The molecule has 0 fully saturated rings. The minimum Gasteiger partial charge on any atom is -0.391 e. The van der Waals surface area contributed by atoms with E-state index < -0.39 is 0 Å². The largest absolute Gasteiger partial charge is 0.391 e. The number of aryl methyl sites for hydroxylation is 1. The van der Waals surface area contributed by atoms with E-state index in [1.165, 1.54) is 0 Å². The Hall–Kier alpha value is -1.39. The number of hydrogen-bond donors (Lipinski definition) is 1. The summed E-state index contributed by atoms with van der Waals surface area (Å²) in [7, 11) is 0. The van der Waals surface area contributed by atoms with Gasteiger partial charge in [-0.15, -0.1) is 0 Å². The van der Waals surface area contributed by atoms with Crippen LogP contribution in [0.3, 0.4) is 0 Å². The van der Waals surface area contributed by atoms with Crippen LogP contribution in [0.2, 0.25) is 0 Å². The normalized spacial score (nSPS) is 10.7. The predicted molar refractivity (Wildman–Crippen MR) is 81.2 cm³/mol. The van der Waals surface area contributed by atoms with Crippen LogP contribution in [0.25, 0.3) is 0 Å². The summed E-state index contributed by atoms with van der Waals surface area (Å²) in [6.45, 7) is 5.20. The van der Waals surface area contributed by atoms with Crippen molar-refractivity contribution in [3.8, 4) is 0 Å². The van der Waals surface area contributed by atoms with Crippen LogP contribution in [0.1, 0.15) is 30.8 Å². The molecule has 0 unspecified atom stereocenters. The topological polar surface area (TPSA) is 36.4 Å². The predicted octanol–water partition coefficient (Wildman–Crippen LogP) is 3.75. The second-order valence-corrected chi connectivity index (χ2v) is 5.42. The van der Waals surface area contributed by atoms with Gasteiger partial charge in [-0.3, -0.25) is 0 Å². The molecule has 2 aromatic rings. The molecule has 0 spiro atoms. The maximum absolute atomic E-state index is 9.44. The van der Waals surface area contributed by atoms with Crippen molar-refractivity contribution in [2.45, 2.75) is 33.3 Å². The standard InChI is InChI=1S/C15H20N2OS/c1-3-8-13-14(11-18)19-15(16-13)17(4-2)12-9-6-5-7-10-12/h5-7,9-10,18H,3-4,8,11H2,1-2H3. The summed E-state index contributed by atoms with van der Waals surface area (Å²) in [5.74, 6) is 0. The number of para-hydroxylation sites is 1. The number of aliphatic hydroxyl groups excluding tert-OH is 1. The van der Waals surface area contributed by atoms with E-state index in [0.29, 0.717) is 0 Å². The van der Waals surface area contributed by atoms with E-state index in [0.717, 1.165) is 40.8 Å². The molecule has 0 amide bonds. The molecule has 1 aromatic carbocycles. The number of thiazole rings is 1. The molecule has 0 aliphatic rings. The third kappa shape index (κ3) is 3.14. The second kappa shape index (κ2) is 6.68. The fourth-order valence-electron chi connectivity index (χ4n) is 2.08. The summed E-state index contributed by atoms with van der Waals surface area (Å²) in [6.07, 6.45) is 1.98. The summed E-state index contributed by atoms with van der Waals surface area (Å²) in [5.41, 5.74) is 2.19.